The fraction of sp³-hybridized carbons (Fsp3) is 0.304. The Morgan fingerprint density at radius 3 is 2.70 bits per heavy atom. The molecule has 7 heteroatoms. The Labute approximate surface area is 180 Å². The van der Waals surface area contributed by atoms with Gasteiger partial charge < -0.3 is 5.32 Å². The molecule has 2 aliphatic heterocycles. The van der Waals surface area contributed by atoms with Crippen molar-refractivity contribution in [1.82, 2.24) is 4.90 Å². The number of nitrogens with one attached hydrogen (secondary N) is 1. The highest BCUT2D eigenvalue weighted by atomic mass is 32.2. The van der Waals surface area contributed by atoms with E-state index in [-0.39, 0.29) is 11.8 Å². The van der Waals surface area contributed by atoms with Crippen LogP contribution >= 0.6 is 11.8 Å². The van der Waals surface area contributed by atoms with Crippen LogP contribution in [0.15, 0.2) is 58.5 Å². The molecule has 2 amide bonds. The molecule has 0 saturated heterocycles. The number of carbonyl (C=O) groups is 2. The number of anilines is 1. The van der Waals surface area contributed by atoms with Crippen LogP contribution in [-0.2, 0) is 9.59 Å². The first-order valence-electron chi connectivity index (χ1n) is 10.1. The predicted molar refractivity (Wildman–Crippen MR) is 122 cm³/mol. The zero-order valence-electron chi connectivity index (χ0n) is 17.3. The maximum Gasteiger partial charge on any atom is 0.259 e. The number of para-hydroxylation sites is 2. The number of aryl methyl sites for hydroxylation is 1. The minimum atomic E-state index is -0.437. The van der Waals surface area contributed by atoms with Crippen LogP contribution in [0.4, 0.5) is 11.4 Å². The summed E-state index contributed by atoms with van der Waals surface area (Å²) >= 11 is 1.28. The van der Waals surface area contributed by atoms with Crippen molar-refractivity contribution < 1.29 is 9.59 Å². The number of amidine groups is 2. The van der Waals surface area contributed by atoms with Crippen molar-refractivity contribution in [2.75, 3.05) is 5.32 Å². The normalized spacial score (nSPS) is 18.3. The van der Waals surface area contributed by atoms with Crippen molar-refractivity contribution in [2.45, 2.75) is 44.9 Å². The molecule has 0 unspecified atom stereocenters. The standard InChI is InChI=1S/C23H24N4O2S/c1-4-9-19-22(29)27-20(24-19)16-11-6-8-13-18(16)26-23(27)30-15(3)21(28)25-17-12-7-5-10-14(17)2/h5-8,10-13,15,19H,4,9H2,1-3H3,(H,25,28)/t15-,19+/m0/s1. The van der Waals surface area contributed by atoms with Crippen LogP contribution in [0, 0.1) is 6.92 Å². The molecule has 2 heterocycles. The van der Waals surface area contributed by atoms with Crippen molar-refractivity contribution in [3.63, 3.8) is 0 Å². The Balaban J connectivity index is 1.59. The Morgan fingerprint density at radius 2 is 1.93 bits per heavy atom. The van der Waals surface area contributed by atoms with Gasteiger partial charge in [-0.05, 0) is 44.0 Å². The van der Waals surface area contributed by atoms with Crippen LogP contribution < -0.4 is 5.32 Å². The molecule has 0 fully saturated rings. The molecule has 1 N–H and O–H groups in total. The molecule has 2 aromatic rings. The van der Waals surface area contributed by atoms with Crippen molar-refractivity contribution >= 4 is 46.0 Å². The lowest BCUT2D eigenvalue weighted by atomic mass is 10.1. The highest BCUT2D eigenvalue weighted by Gasteiger charge is 2.41. The molecule has 0 spiro atoms. The van der Waals surface area contributed by atoms with Gasteiger partial charge in [0.25, 0.3) is 5.91 Å². The third-order valence-electron chi connectivity index (χ3n) is 5.16. The van der Waals surface area contributed by atoms with Crippen molar-refractivity contribution in [2.24, 2.45) is 9.98 Å². The second kappa shape index (κ2) is 8.44. The zero-order valence-corrected chi connectivity index (χ0v) is 18.1. The fourth-order valence-corrected chi connectivity index (χ4v) is 4.42. The van der Waals surface area contributed by atoms with E-state index in [0.717, 1.165) is 28.9 Å². The molecular weight excluding hydrogens is 396 g/mol. The van der Waals surface area contributed by atoms with Gasteiger partial charge in [0.2, 0.25) is 5.91 Å². The SMILES string of the molecule is CCC[C@H]1N=C2c3ccccc3N=C(S[C@@H](C)C(=O)Nc3ccccc3C)N2C1=O. The second-order valence-corrected chi connectivity index (χ2v) is 8.71. The van der Waals surface area contributed by atoms with Crippen LogP contribution in [0.2, 0.25) is 0 Å². The summed E-state index contributed by atoms with van der Waals surface area (Å²) in [7, 11) is 0. The maximum absolute atomic E-state index is 13.1. The highest BCUT2D eigenvalue weighted by Crippen LogP contribution is 2.35. The van der Waals surface area contributed by atoms with Gasteiger partial charge in [-0.15, -0.1) is 0 Å². The molecule has 0 saturated carbocycles. The summed E-state index contributed by atoms with van der Waals surface area (Å²) < 4.78 is 0. The van der Waals surface area contributed by atoms with Gasteiger partial charge in [-0.3, -0.25) is 14.6 Å². The topological polar surface area (TPSA) is 74.1 Å². The third kappa shape index (κ3) is 3.77. The maximum atomic E-state index is 13.1. The average molecular weight is 421 g/mol. The molecule has 2 aromatic carbocycles. The molecule has 6 nitrogen and oxygen atoms in total. The number of carbonyl (C=O) groups excluding carboxylic acids is 2. The summed E-state index contributed by atoms with van der Waals surface area (Å²) in [6.07, 6.45) is 1.57. The highest BCUT2D eigenvalue weighted by molar-refractivity contribution is 8.15. The molecule has 154 valence electrons. The van der Waals surface area contributed by atoms with E-state index in [4.69, 9.17) is 9.98 Å². The zero-order chi connectivity index (χ0) is 21.3. The monoisotopic (exact) mass is 420 g/mol. The van der Waals surface area contributed by atoms with Gasteiger partial charge in [0, 0.05) is 11.3 Å². The number of nitrogens with zero attached hydrogens (tertiary/aromatic N) is 3. The van der Waals surface area contributed by atoms with E-state index >= 15 is 0 Å². The summed E-state index contributed by atoms with van der Waals surface area (Å²) in [5.74, 6) is 0.434. The predicted octanol–water partition coefficient (Wildman–Crippen LogP) is 4.51. The molecular formula is C23H24N4O2S. The van der Waals surface area contributed by atoms with Gasteiger partial charge in [-0.1, -0.05) is 55.4 Å². The number of thioether (sulfide) groups is 1. The minimum absolute atomic E-state index is 0.0703. The number of amides is 2. The van der Waals surface area contributed by atoms with Gasteiger partial charge in [0.05, 0.1) is 10.9 Å². The van der Waals surface area contributed by atoms with Crippen molar-refractivity contribution in [1.29, 1.82) is 0 Å². The molecule has 30 heavy (non-hydrogen) atoms. The van der Waals surface area contributed by atoms with E-state index in [2.05, 4.69) is 5.32 Å². The van der Waals surface area contributed by atoms with Gasteiger partial charge in [-0.25, -0.2) is 9.89 Å². The molecule has 0 aromatic heterocycles. The number of hydrogen-bond acceptors (Lipinski definition) is 5. The van der Waals surface area contributed by atoms with Gasteiger partial charge in [0.15, 0.2) is 5.17 Å². The van der Waals surface area contributed by atoms with Crippen molar-refractivity contribution in [3.05, 3.63) is 59.7 Å². The Morgan fingerprint density at radius 1 is 1.20 bits per heavy atom. The van der Waals surface area contributed by atoms with Gasteiger partial charge >= 0.3 is 0 Å². The van der Waals surface area contributed by atoms with E-state index in [1.165, 1.54) is 11.8 Å². The summed E-state index contributed by atoms with van der Waals surface area (Å²) in [5, 5.41) is 3.04. The largest absolute Gasteiger partial charge is 0.325 e. The van der Waals surface area contributed by atoms with E-state index in [0.29, 0.717) is 17.4 Å². The lowest BCUT2D eigenvalue weighted by molar-refractivity contribution is -0.124. The Kier molecular flexibility index (Phi) is 5.72. The summed E-state index contributed by atoms with van der Waals surface area (Å²) in [4.78, 5) is 36.9. The number of fused-ring (bicyclic) bond motifs is 3. The quantitative estimate of drug-likeness (QED) is 0.773. The fourth-order valence-electron chi connectivity index (χ4n) is 3.50. The minimum Gasteiger partial charge on any atom is -0.325 e. The number of benzene rings is 2. The van der Waals surface area contributed by atoms with E-state index in [1.54, 1.807) is 4.90 Å². The number of rotatable bonds is 5. The Bertz CT molecular complexity index is 1060. The van der Waals surface area contributed by atoms with Crippen LogP contribution in [0.25, 0.3) is 0 Å². The summed E-state index contributed by atoms with van der Waals surface area (Å²) in [5.41, 5.74) is 3.41. The summed E-state index contributed by atoms with van der Waals surface area (Å²) in [6.45, 7) is 5.82. The first-order valence-corrected chi connectivity index (χ1v) is 11.0. The lowest BCUT2D eigenvalue weighted by Gasteiger charge is -2.27. The molecule has 0 aliphatic carbocycles. The smallest absolute Gasteiger partial charge is 0.259 e. The van der Waals surface area contributed by atoms with Crippen LogP contribution in [0.5, 0.6) is 0 Å². The van der Waals surface area contributed by atoms with E-state index in [1.807, 2.05) is 69.3 Å². The Hall–Kier alpha value is -2.93. The third-order valence-corrected chi connectivity index (χ3v) is 6.22. The van der Waals surface area contributed by atoms with Gasteiger partial charge in [0.1, 0.15) is 11.9 Å². The molecule has 0 radical (unpaired) electrons. The van der Waals surface area contributed by atoms with Crippen LogP contribution in [0.1, 0.15) is 37.8 Å². The molecule has 2 aliphatic rings. The number of hydrogen-bond donors (Lipinski definition) is 1. The summed E-state index contributed by atoms with van der Waals surface area (Å²) in [6, 6.07) is 14.9. The van der Waals surface area contributed by atoms with Crippen molar-refractivity contribution in [3.8, 4) is 0 Å². The van der Waals surface area contributed by atoms with E-state index in [9.17, 15) is 9.59 Å². The first-order chi connectivity index (χ1) is 14.5. The lowest BCUT2D eigenvalue weighted by Crippen LogP contribution is -2.42. The second-order valence-electron chi connectivity index (χ2n) is 7.41. The molecule has 2 atom stereocenters. The van der Waals surface area contributed by atoms with E-state index < -0.39 is 11.3 Å². The number of aliphatic imine (C=N–C) groups is 2. The van der Waals surface area contributed by atoms with Crippen LogP contribution in [-0.4, -0.2) is 39.0 Å². The molecule has 4 rings (SSSR count). The molecule has 0 bridgehead atoms. The van der Waals surface area contributed by atoms with Gasteiger partial charge in [-0.2, -0.15) is 0 Å². The average Bonchev–Trinajstić information content (AvgIpc) is 3.07. The first kappa shape index (κ1) is 20.3. The van der Waals surface area contributed by atoms with Crippen LogP contribution in [0.3, 0.4) is 0 Å².